The second-order valence-electron chi connectivity index (χ2n) is 5.01. The molecule has 0 heterocycles. The standard InChI is InChI=1S/C17H15F3N2O4/c1-25-10-2-4-11(5-3-10)26-9-15(24)21-8-14(23)22-13-7-6-12(18)16(19)17(13)20/h2-7H,8-9H2,1H3,(H,21,24)(H,22,23). The van der Waals surface area contributed by atoms with Crippen LogP contribution in [0.5, 0.6) is 11.5 Å². The van der Waals surface area contributed by atoms with Gasteiger partial charge in [-0.2, -0.15) is 0 Å². The number of anilines is 1. The summed E-state index contributed by atoms with van der Waals surface area (Å²) < 4.78 is 49.5. The Balaban J connectivity index is 1.77. The zero-order valence-electron chi connectivity index (χ0n) is 13.6. The fraction of sp³-hybridized carbons (Fsp3) is 0.176. The van der Waals surface area contributed by atoms with Crippen LogP contribution in [0.25, 0.3) is 0 Å². The van der Waals surface area contributed by atoms with Crippen molar-refractivity contribution in [2.45, 2.75) is 0 Å². The summed E-state index contributed by atoms with van der Waals surface area (Å²) in [6.07, 6.45) is 0. The molecule has 2 rings (SSSR count). The number of amides is 2. The largest absolute Gasteiger partial charge is 0.497 e. The fourth-order valence-corrected chi connectivity index (χ4v) is 1.87. The molecule has 9 heteroatoms. The maximum absolute atomic E-state index is 13.4. The SMILES string of the molecule is COc1ccc(OCC(=O)NCC(=O)Nc2ccc(F)c(F)c2F)cc1. The lowest BCUT2D eigenvalue weighted by molar-refractivity contribution is -0.125. The van der Waals surface area contributed by atoms with Gasteiger partial charge in [0.15, 0.2) is 24.1 Å². The molecule has 0 saturated heterocycles. The second kappa shape index (κ2) is 8.75. The summed E-state index contributed by atoms with van der Waals surface area (Å²) in [6, 6.07) is 8.05. The molecule has 0 aliphatic heterocycles. The van der Waals surface area contributed by atoms with E-state index in [2.05, 4.69) is 5.32 Å². The van der Waals surface area contributed by atoms with E-state index >= 15 is 0 Å². The molecular formula is C17H15F3N2O4. The van der Waals surface area contributed by atoms with Gasteiger partial charge in [-0.25, -0.2) is 13.2 Å². The fourth-order valence-electron chi connectivity index (χ4n) is 1.87. The first-order valence-corrected chi connectivity index (χ1v) is 7.37. The number of carbonyl (C=O) groups excluding carboxylic acids is 2. The smallest absolute Gasteiger partial charge is 0.258 e. The lowest BCUT2D eigenvalue weighted by atomic mass is 10.2. The Kier molecular flexibility index (Phi) is 6.42. The first-order chi connectivity index (χ1) is 12.4. The molecule has 0 fully saturated rings. The van der Waals surface area contributed by atoms with E-state index in [0.717, 1.165) is 6.07 Å². The van der Waals surface area contributed by atoms with Crippen molar-refractivity contribution in [3.8, 4) is 11.5 Å². The quantitative estimate of drug-likeness (QED) is 0.735. The van der Waals surface area contributed by atoms with Gasteiger partial charge >= 0.3 is 0 Å². The van der Waals surface area contributed by atoms with Gasteiger partial charge in [-0.05, 0) is 36.4 Å². The number of halogens is 3. The summed E-state index contributed by atoms with van der Waals surface area (Å²) in [5.41, 5.74) is -0.530. The van der Waals surface area contributed by atoms with Crippen molar-refractivity contribution >= 4 is 17.5 Å². The maximum Gasteiger partial charge on any atom is 0.258 e. The van der Waals surface area contributed by atoms with Crippen LogP contribution in [0.15, 0.2) is 36.4 Å². The van der Waals surface area contributed by atoms with Crippen LogP contribution in [0.3, 0.4) is 0 Å². The molecule has 2 N–H and O–H groups in total. The highest BCUT2D eigenvalue weighted by molar-refractivity contribution is 5.94. The first kappa shape index (κ1) is 19.1. The first-order valence-electron chi connectivity index (χ1n) is 7.37. The minimum Gasteiger partial charge on any atom is -0.497 e. The van der Waals surface area contributed by atoms with E-state index in [0.29, 0.717) is 17.6 Å². The number of hydrogen-bond acceptors (Lipinski definition) is 4. The van der Waals surface area contributed by atoms with E-state index in [1.165, 1.54) is 7.11 Å². The molecule has 0 radical (unpaired) electrons. The molecule has 2 aromatic rings. The van der Waals surface area contributed by atoms with Gasteiger partial charge in [0.05, 0.1) is 19.3 Å². The van der Waals surface area contributed by atoms with E-state index < -0.39 is 41.5 Å². The Labute approximate surface area is 146 Å². The average molecular weight is 368 g/mol. The van der Waals surface area contributed by atoms with Gasteiger partial charge in [0, 0.05) is 0 Å². The monoisotopic (exact) mass is 368 g/mol. The van der Waals surface area contributed by atoms with E-state index in [-0.39, 0.29) is 6.61 Å². The third-order valence-electron chi connectivity index (χ3n) is 3.18. The average Bonchev–Trinajstić information content (AvgIpc) is 2.65. The zero-order chi connectivity index (χ0) is 19.1. The molecule has 0 unspecified atom stereocenters. The molecule has 0 saturated carbocycles. The Morgan fingerprint density at radius 3 is 2.23 bits per heavy atom. The van der Waals surface area contributed by atoms with Gasteiger partial charge in [-0.1, -0.05) is 0 Å². The Hall–Kier alpha value is -3.23. The molecule has 0 atom stereocenters. The summed E-state index contributed by atoms with van der Waals surface area (Å²) in [4.78, 5) is 23.3. The lowest BCUT2D eigenvalue weighted by Gasteiger charge is -2.09. The molecule has 2 amide bonds. The van der Waals surface area contributed by atoms with E-state index in [1.807, 2.05) is 5.32 Å². The van der Waals surface area contributed by atoms with Crippen LogP contribution in [0.4, 0.5) is 18.9 Å². The van der Waals surface area contributed by atoms with E-state index in [9.17, 15) is 22.8 Å². The number of carbonyl (C=O) groups is 2. The number of ether oxygens (including phenoxy) is 2. The summed E-state index contributed by atoms with van der Waals surface area (Å²) in [6.45, 7) is -0.845. The van der Waals surface area contributed by atoms with Gasteiger partial charge in [0.2, 0.25) is 5.91 Å². The van der Waals surface area contributed by atoms with Gasteiger partial charge in [0.1, 0.15) is 11.5 Å². The van der Waals surface area contributed by atoms with Gasteiger partial charge in [0.25, 0.3) is 5.91 Å². The molecule has 0 aliphatic rings. The lowest BCUT2D eigenvalue weighted by Crippen LogP contribution is -2.36. The van der Waals surface area contributed by atoms with Crippen LogP contribution in [0.2, 0.25) is 0 Å². The highest BCUT2D eigenvalue weighted by Crippen LogP contribution is 2.19. The molecule has 0 aliphatic carbocycles. The summed E-state index contributed by atoms with van der Waals surface area (Å²) >= 11 is 0. The van der Waals surface area contributed by atoms with Gasteiger partial charge in [-0.15, -0.1) is 0 Å². The number of rotatable bonds is 7. The molecular weight excluding hydrogens is 353 g/mol. The van der Waals surface area contributed by atoms with Crippen molar-refractivity contribution in [3.05, 3.63) is 53.8 Å². The predicted octanol–water partition coefficient (Wildman–Crippen LogP) is 2.25. The molecule has 26 heavy (non-hydrogen) atoms. The summed E-state index contributed by atoms with van der Waals surface area (Å²) in [5.74, 6) is -4.94. The molecule has 0 aromatic heterocycles. The Morgan fingerprint density at radius 2 is 1.58 bits per heavy atom. The summed E-state index contributed by atoms with van der Waals surface area (Å²) in [5, 5.41) is 4.28. The van der Waals surface area contributed by atoms with Crippen LogP contribution < -0.4 is 20.1 Å². The van der Waals surface area contributed by atoms with Crippen molar-refractivity contribution in [2.75, 3.05) is 25.6 Å². The third-order valence-corrected chi connectivity index (χ3v) is 3.18. The van der Waals surface area contributed by atoms with Gasteiger partial charge in [-0.3, -0.25) is 9.59 Å². The third kappa shape index (κ3) is 5.13. The van der Waals surface area contributed by atoms with Crippen LogP contribution in [-0.4, -0.2) is 32.1 Å². The van der Waals surface area contributed by atoms with Crippen molar-refractivity contribution < 1.29 is 32.2 Å². The van der Waals surface area contributed by atoms with Crippen molar-refractivity contribution in [2.24, 2.45) is 0 Å². The van der Waals surface area contributed by atoms with Crippen LogP contribution in [-0.2, 0) is 9.59 Å². The molecule has 6 nitrogen and oxygen atoms in total. The highest BCUT2D eigenvalue weighted by atomic mass is 19.2. The molecule has 138 valence electrons. The Bertz CT molecular complexity index is 797. The Morgan fingerprint density at radius 1 is 0.923 bits per heavy atom. The topological polar surface area (TPSA) is 76.7 Å². The minimum absolute atomic E-state index is 0.348. The predicted molar refractivity (Wildman–Crippen MR) is 86.4 cm³/mol. The molecule has 2 aromatic carbocycles. The molecule has 0 spiro atoms. The van der Waals surface area contributed by atoms with Crippen molar-refractivity contribution in [3.63, 3.8) is 0 Å². The van der Waals surface area contributed by atoms with Crippen molar-refractivity contribution in [1.29, 1.82) is 0 Å². The minimum atomic E-state index is -1.69. The number of nitrogens with one attached hydrogen (secondary N) is 2. The number of methoxy groups -OCH3 is 1. The summed E-state index contributed by atoms with van der Waals surface area (Å²) in [7, 11) is 1.51. The molecule has 0 bridgehead atoms. The number of hydrogen-bond donors (Lipinski definition) is 2. The highest BCUT2D eigenvalue weighted by Gasteiger charge is 2.15. The normalized spacial score (nSPS) is 10.2. The zero-order valence-corrected chi connectivity index (χ0v) is 13.6. The van der Waals surface area contributed by atoms with Crippen LogP contribution in [0, 0.1) is 17.5 Å². The van der Waals surface area contributed by atoms with Gasteiger partial charge < -0.3 is 20.1 Å². The van der Waals surface area contributed by atoms with Crippen molar-refractivity contribution in [1.82, 2.24) is 5.32 Å². The number of benzene rings is 2. The maximum atomic E-state index is 13.4. The van der Waals surface area contributed by atoms with Crippen LogP contribution >= 0.6 is 0 Å². The van der Waals surface area contributed by atoms with E-state index in [4.69, 9.17) is 9.47 Å². The second-order valence-corrected chi connectivity index (χ2v) is 5.01. The van der Waals surface area contributed by atoms with E-state index in [1.54, 1.807) is 24.3 Å². The van der Waals surface area contributed by atoms with Crippen LogP contribution in [0.1, 0.15) is 0 Å².